The Hall–Kier alpha value is -2.61. The number of benzene rings is 1. The van der Waals surface area contributed by atoms with Gasteiger partial charge in [-0.3, -0.25) is 19.3 Å². The van der Waals surface area contributed by atoms with E-state index in [1.54, 1.807) is 36.1 Å². The number of esters is 1. The number of methoxy groups -OCH3 is 1. The Labute approximate surface area is 167 Å². The van der Waals surface area contributed by atoms with Crippen molar-refractivity contribution in [3.63, 3.8) is 0 Å². The molecule has 2 aliphatic heterocycles. The quantitative estimate of drug-likeness (QED) is 0.603. The van der Waals surface area contributed by atoms with Crippen molar-refractivity contribution in [3.8, 4) is 0 Å². The van der Waals surface area contributed by atoms with E-state index < -0.39 is 17.5 Å². The minimum atomic E-state index is -1.33. The van der Waals surface area contributed by atoms with Gasteiger partial charge in [0, 0.05) is 23.7 Å². The van der Waals surface area contributed by atoms with Crippen LogP contribution in [0, 0.1) is 5.92 Å². The molecule has 2 heterocycles. The third-order valence-corrected chi connectivity index (χ3v) is 5.69. The molecule has 9 heteroatoms. The molecule has 3 rings (SSSR count). The van der Waals surface area contributed by atoms with Gasteiger partial charge in [-0.15, -0.1) is 0 Å². The van der Waals surface area contributed by atoms with E-state index >= 15 is 0 Å². The lowest BCUT2D eigenvalue weighted by atomic mass is 9.92. The summed E-state index contributed by atoms with van der Waals surface area (Å²) in [5.41, 5.74) is -0.850. The normalized spacial score (nSPS) is 23.0. The number of hydrogen-bond donors (Lipinski definition) is 1. The summed E-state index contributed by atoms with van der Waals surface area (Å²) in [5, 5.41) is 3.00. The number of likely N-dealkylation sites (tertiary alicyclic amines) is 1. The fraction of sp³-hybridized carbons (Fsp3) is 0.474. The van der Waals surface area contributed by atoms with Gasteiger partial charge in [-0.05, 0) is 25.8 Å². The van der Waals surface area contributed by atoms with Crippen LogP contribution in [0.2, 0.25) is 5.02 Å². The lowest BCUT2D eigenvalue weighted by Gasteiger charge is -2.31. The largest absolute Gasteiger partial charge is 0.469 e. The number of rotatable bonds is 4. The minimum Gasteiger partial charge on any atom is -0.469 e. The van der Waals surface area contributed by atoms with E-state index in [0.717, 1.165) is 4.90 Å². The molecule has 0 saturated carbocycles. The predicted octanol–water partition coefficient (Wildman–Crippen LogP) is 1.52. The Bertz CT molecular complexity index is 822. The monoisotopic (exact) mass is 407 g/mol. The number of hydrogen-bond acceptors (Lipinski definition) is 5. The molecule has 2 aliphatic rings. The van der Waals surface area contributed by atoms with Crippen LogP contribution in [-0.4, -0.2) is 60.4 Å². The van der Waals surface area contributed by atoms with E-state index in [4.69, 9.17) is 16.3 Å². The van der Waals surface area contributed by atoms with Gasteiger partial charge < -0.3 is 15.0 Å². The van der Waals surface area contributed by atoms with Crippen LogP contribution in [0.1, 0.15) is 25.3 Å². The van der Waals surface area contributed by atoms with Crippen LogP contribution >= 0.6 is 11.6 Å². The zero-order valence-corrected chi connectivity index (χ0v) is 16.5. The fourth-order valence-corrected chi connectivity index (χ4v) is 3.98. The van der Waals surface area contributed by atoms with Gasteiger partial charge in [0.25, 0.3) is 5.91 Å². The van der Waals surface area contributed by atoms with Crippen molar-refractivity contribution in [3.05, 3.63) is 34.9 Å². The summed E-state index contributed by atoms with van der Waals surface area (Å²) in [6.45, 7) is 1.97. The summed E-state index contributed by atoms with van der Waals surface area (Å²) in [7, 11) is 1.34. The highest BCUT2D eigenvalue weighted by molar-refractivity contribution is 6.32. The fourth-order valence-electron chi connectivity index (χ4n) is 3.66. The SMILES string of the molecule is COC(=O)C1CCN(C(=O)CN2C(=O)N[C@](C)(c3ccccc3Cl)C2=O)CC1. The summed E-state index contributed by atoms with van der Waals surface area (Å²) in [4.78, 5) is 52.0. The first-order chi connectivity index (χ1) is 13.3. The van der Waals surface area contributed by atoms with Gasteiger partial charge in [0.15, 0.2) is 0 Å². The minimum absolute atomic E-state index is 0.228. The number of ether oxygens (including phenoxy) is 1. The predicted molar refractivity (Wildman–Crippen MR) is 100 cm³/mol. The van der Waals surface area contributed by atoms with Gasteiger partial charge >= 0.3 is 12.0 Å². The second kappa shape index (κ2) is 7.79. The Morgan fingerprint density at radius 1 is 1.25 bits per heavy atom. The maximum atomic E-state index is 12.9. The second-order valence-corrected chi connectivity index (χ2v) is 7.51. The highest BCUT2D eigenvalue weighted by Crippen LogP contribution is 2.33. The smallest absolute Gasteiger partial charge is 0.325 e. The molecule has 28 heavy (non-hydrogen) atoms. The molecule has 0 radical (unpaired) electrons. The number of piperidine rings is 1. The van der Waals surface area contributed by atoms with Crippen LogP contribution in [0.25, 0.3) is 0 Å². The van der Waals surface area contributed by atoms with Crippen molar-refractivity contribution in [2.24, 2.45) is 5.92 Å². The highest BCUT2D eigenvalue weighted by atomic mass is 35.5. The molecule has 2 saturated heterocycles. The van der Waals surface area contributed by atoms with Crippen molar-refractivity contribution in [2.45, 2.75) is 25.3 Å². The number of halogens is 1. The van der Waals surface area contributed by atoms with Crippen LogP contribution in [0.4, 0.5) is 4.79 Å². The maximum Gasteiger partial charge on any atom is 0.325 e. The van der Waals surface area contributed by atoms with Crippen molar-refractivity contribution in [2.75, 3.05) is 26.7 Å². The molecule has 0 spiro atoms. The van der Waals surface area contributed by atoms with Gasteiger partial charge in [-0.25, -0.2) is 4.79 Å². The second-order valence-electron chi connectivity index (χ2n) is 7.10. The first-order valence-electron chi connectivity index (χ1n) is 9.02. The molecular formula is C19H22ClN3O5. The Kier molecular flexibility index (Phi) is 5.60. The number of amides is 4. The van der Waals surface area contributed by atoms with E-state index in [1.165, 1.54) is 7.11 Å². The lowest BCUT2D eigenvalue weighted by molar-refractivity contribution is -0.149. The lowest BCUT2D eigenvalue weighted by Crippen LogP contribution is -2.47. The van der Waals surface area contributed by atoms with Crippen LogP contribution in [0.3, 0.4) is 0 Å². The topological polar surface area (TPSA) is 96.0 Å². The summed E-state index contributed by atoms with van der Waals surface area (Å²) in [5.74, 6) is -1.37. The third-order valence-electron chi connectivity index (χ3n) is 5.36. The van der Waals surface area contributed by atoms with Gasteiger partial charge in [-0.2, -0.15) is 0 Å². The highest BCUT2D eigenvalue weighted by Gasteiger charge is 2.50. The molecule has 1 N–H and O–H groups in total. The molecule has 1 atom stereocenters. The Morgan fingerprint density at radius 3 is 2.50 bits per heavy atom. The van der Waals surface area contributed by atoms with E-state index in [9.17, 15) is 19.2 Å². The van der Waals surface area contributed by atoms with Crippen LogP contribution in [0.5, 0.6) is 0 Å². The third kappa shape index (κ3) is 3.56. The summed E-state index contributed by atoms with van der Waals surface area (Å²) < 4.78 is 4.74. The molecule has 1 aromatic rings. The number of nitrogens with one attached hydrogen (secondary N) is 1. The molecule has 0 aliphatic carbocycles. The zero-order chi connectivity index (χ0) is 20.5. The number of imide groups is 1. The van der Waals surface area contributed by atoms with Gasteiger partial charge in [-0.1, -0.05) is 29.8 Å². The van der Waals surface area contributed by atoms with Crippen molar-refractivity contribution >= 4 is 35.4 Å². The molecule has 0 bridgehead atoms. The van der Waals surface area contributed by atoms with Gasteiger partial charge in [0.2, 0.25) is 5.91 Å². The summed E-state index contributed by atoms with van der Waals surface area (Å²) >= 11 is 6.20. The van der Waals surface area contributed by atoms with Crippen molar-refractivity contribution in [1.82, 2.24) is 15.1 Å². The van der Waals surface area contributed by atoms with E-state index in [2.05, 4.69) is 5.32 Å². The van der Waals surface area contributed by atoms with Gasteiger partial charge in [0.1, 0.15) is 12.1 Å². The Morgan fingerprint density at radius 2 is 1.89 bits per heavy atom. The molecular weight excluding hydrogens is 386 g/mol. The van der Waals surface area contributed by atoms with E-state index in [-0.39, 0.29) is 24.3 Å². The average molecular weight is 408 g/mol. The first-order valence-corrected chi connectivity index (χ1v) is 9.40. The number of urea groups is 1. The van der Waals surface area contributed by atoms with E-state index in [1.807, 2.05) is 0 Å². The van der Waals surface area contributed by atoms with Crippen molar-refractivity contribution in [1.29, 1.82) is 0 Å². The molecule has 0 unspecified atom stereocenters. The van der Waals surface area contributed by atoms with Crippen LogP contribution < -0.4 is 5.32 Å². The molecule has 1 aromatic carbocycles. The first kappa shape index (κ1) is 20.1. The van der Waals surface area contributed by atoms with E-state index in [0.29, 0.717) is 36.5 Å². The number of carbonyl (C=O) groups excluding carboxylic acids is 4. The number of nitrogens with zero attached hydrogens (tertiary/aromatic N) is 2. The molecule has 2 fully saturated rings. The maximum absolute atomic E-state index is 12.9. The summed E-state index contributed by atoms with van der Waals surface area (Å²) in [6, 6.07) is 6.13. The average Bonchev–Trinajstić information content (AvgIpc) is 2.91. The number of carbonyl (C=O) groups is 4. The zero-order valence-electron chi connectivity index (χ0n) is 15.7. The molecule has 150 valence electrons. The standard InChI is InChI=1S/C19H22ClN3O5/c1-19(13-5-3-4-6-14(13)20)17(26)23(18(27)21-19)11-15(24)22-9-7-12(8-10-22)16(25)28-2/h3-6,12H,7-11H2,1-2H3,(H,21,27)/t19-/m1/s1. The molecule has 8 nitrogen and oxygen atoms in total. The van der Waals surface area contributed by atoms with Crippen LogP contribution in [-0.2, 0) is 24.7 Å². The molecule has 0 aromatic heterocycles. The summed E-state index contributed by atoms with van der Waals surface area (Å²) in [6.07, 6.45) is 0.992. The molecule has 4 amide bonds. The Balaban J connectivity index is 1.67. The van der Waals surface area contributed by atoms with Crippen molar-refractivity contribution < 1.29 is 23.9 Å². The van der Waals surface area contributed by atoms with Gasteiger partial charge in [0.05, 0.1) is 13.0 Å². The van der Waals surface area contributed by atoms with Crippen LogP contribution in [0.15, 0.2) is 24.3 Å².